The van der Waals surface area contributed by atoms with E-state index in [-0.39, 0.29) is 36.0 Å². The van der Waals surface area contributed by atoms with Crippen molar-refractivity contribution >= 4 is 20.0 Å². The Labute approximate surface area is 182 Å². The van der Waals surface area contributed by atoms with Gasteiger partial charge in [0.1, 0.15) is 12.7 Å². The summed E-state index contributed by atoms with van der Waals surface area (Å²) in [5, 5.41) is 0. The number of ether oxygens (including phenoxy) is 3. The van der Waals surface area contributed by atoms with Crippen LogP contribution in [0.4, 0.5) is 0 Å². The highest BCUT2D eigenvalue weighted by atomic mass is 32.2. The lowest BCUT2D eigenvalue weighted by Gasteiger charge is -2.29. The Morgan fingerprint density at radius 3 is 2.23 bits per heavy atom. The Kier molecular flexibility index (Phi) is 6.22. The van der Waals surface area contributed by atoms with Gasteiger partial charge in [-0.3, -0.25) is 0 Å². The third kappa shape index (κ3) is 4.55. The highest BCUT2D eigenvalue weighted by molar-refractivity contribution is 7.89. The second-order valence-electron chi connectivity index (χ2n) is 7.27. The summed E-state index contributed by atoms with van der Waals surface area (Å²) in [6.07, 6.45) is -0.462. The van der Waals surface area contributed by atoms with Crippen molar-refractivity contribution in [1.29, 1.82) is 0 Å². The summed E-state index contributed by atoms with van der Waals surface area (Å²) in [4.78, 5) is 0.0599. The number of fused-ring (bicyclic) bond motifs is 1. The molecular weight excluding hydrogens is 444 g/mol. The Hall–Kier alpha value is -2.18. The van der Waals surface area contributed by atoms with Gasteiger partial charge in [0, 0.05) is 20.1 Å². The Morgan fingerprint density at radius 1 is 0.935 bits per heavy atom. The first kappa shape index (κ1) is 22.0. The van der Waals surface area contributed by atoms with Crippen LogP contribution in [0.2, 0.25) is 0 Å². The van der Waals surface area contributed by atoms with Gasteiger partial charge in [-0.15, -0.1) is 0 Å². The molecule has 0 aliphatic carbocycles. The maximum atomic E-state index is 13.0. The second kappa shape index (κ2) is 8.75. The van der Waals surface area contributed by atoms with Gasteiger partial charge in [-0.1, -0.05) is 12.1 Å². The van der Waals surface area contributed by atoms with E-state index in [0.717, 1.165) is 0 Å². The van der Waals surface area contributed by atoms with E-state index in [1.807, 2.05) is 12.1 Å². The van der Waals surface area contributed by atoms with E-state index in [1.165, 1.54) is 39.9 Å². The molecule has 0 amide bonds. The van der Waals surface area contributed by atoms with Crippen LogP contribution in [-0.2, 0) is 24.8 Å². The average Bonchev–Trinajstić information content (AvgIpc) is 2.79. The zero-order valence-corrected chi connectivity index (χ0v) is 18.6. The standard InChI is InChI=1S/C20H24N2O7S2/c1-21(14-16-15-28-19-4-2-3-5-20(19)29-16)30(23,24)17-6-8-18(9-7-17)31(25,26)22-10-12-27-13-11-22/h2-9,16H,10-15H2,1H3. The third-order valence-corrected chi connectivity index (χ3v) is 8.92. The first-order valence-electron chi connectivity index (χ1n) is 9.81. The molecule has 0 radical (unpaired) electrons. The van der Waals surface area contributed by atoms with E-state index < -0.39 is 26.2 Å². The fourth-order valence-electron chi connectivity index (χ4n) is 3.44. The number of hydrogen-bond donors (Lipinski definition) is 0. The van der Waals surface area contributed by atoms with E-state index in [9.17, 15) is 16.8 Å². The number of nitrogens with zero attached hydrogens (tertiary/aromatic N) is 2. The smallest absolute Gasteiger partial charge is 0.243 e. The lowest BCUT2D eigenvalue weighted by Crippen LogP contribution is -2.41. The van der Waals surface area contributed by atoms with Crippen molar-refractivity contribution in [3.8, 4) is 11.5 Å². The third-order valence-electron chi connectivity index (χ3n) is 5.17. The molecule has 9 nitrogen and oxygen atoms in total. The van der Waals surface area contributed by atoms with Crippen LogP contribution < -0.4 is 9.47 Å². The fourth-order valence-corrected chi connectivity index (χ4v) is 6.05. The summed E-state index contributed by atoms with van der Waals surface area (Å²) in [6, 6.07) is 12.5. The van der Waals surface area contributed by atoms with Crippen molar-refractivity contribution in [3.63, 3.8) is 0 Å². The van der Waals surface area contributed by atoms with Gasteiger partial charge in [-0.25, -0.2) is 16.8 Å². The minimum Gasteiger partial charge on any atom is -0.486 e. The van der Waals surface area contributed by atoms with Gasteiger partial charge in [-0.05, 0) is 36.4 Å². The number of sulfonamides is 2. The molecule has 11 heteroatoms. The molecule has 1 atom stereocenters. The van der Waals surface area contributed by atoms with Crippen LogP contribution in [0, 0.1) is 0 Å². The molecule has 4 rings (SSSR count). The first-order chi connectivity index (χ1) is 14.8. The van der Waals surface area contributed by atoms with Crippen LogP contribution >= 0.6 is 0 Å². The number of para-hydroxylation sites is 2. The van der Waals surface area contributed by atoms with Gasteiger partial charge >= 0.3 is 0 Å². The van der Waals surface area contributed by atoms with Crippen LogP contribution in [-0.4, -0.2) is 78.1 Å². The molecule has 2 aliphatic heterocycles. The Balaban J connectivity index is 1.46. The molecule has 0 saturated carbocycles. The van der Waals surface area contributed by atoms with E-state index in [4.69, 9.17) is 14.2 Å². The normalized spacial score (nSPS) is 20.0. The van der Waals surface area contributed by atoms with Crippen molar-refractivity contribution in [2.45, 2.75) is 15.9 Å². The molecule has 0 bridgehead atoms. The van der Waals surface area contributed by atoms with Gasteiger partial charge in [-0.2, -0.15) is 8.61 Å². The monoisotopic (exact) mass is 468 g/mol. The molecule has 168 valence electrons. The van der Waals surface area contributed by atoms with Gasteiger partial charge in [0.15, 0.2) is 11.5 Å². The van der Waals surface area contributed by atoms with Crippen molar-refractivity contribution in [1.82, 2.24) is 8.61 Å². The molecule has 0 spiro atoms. The number of morpholine rings is 1. The van der Waals surface area contributed by atoms with Crippen LogP contribution in [0.5, 0.6) is 11.5 Å². The number of rotatable bonds is 6. The fraction of sp³-hybridized carbons (Fsp3) is 0.400. The first-order valence-corrected chi connectivity index (χ1v) is 12.7. The van der Waals surface area contributed by atoms with Crippen LogP contribution in [0.15, 0.2) is 58.3 Å². The molecule has 2 aromatic carbocycles. The minimum atomic E-state index is -3.83. The van der Waals surface area contributed by atoms with Gasteiger partial charge in [0.05, 0.1) is 29.5 Å². The minimum absolute atomic E-state index is 0.00746. The summed E-state index contributed by atoms with van der Waals surface area (Å²) < 4.78 is 70.6. The van der Waals surface area contributed by atoms with E-state index >= 15 is 0 Å². The van der Waals surface area contributed by atoms with Crippen molar-refractivity contribution in [2.75, 3.05) is 46.5 Å². The quantitative estimate of drug-likeness (QED) is 0.627. The predicted molar refractivity (Wildman–Crippen MR) is 112 cm³/mol. The maximum absolute atomic E-state index is 13.0. The Morgan fingerprint density at radius 2 is 1.55 bits per heavy atom. The molecule has 2 heterocycles. The molecule has 1 unspecified atom stereocenters. The van der Waals surface area contributed by atoms with Gasteiger partial charge in [0.25, 0.3) is 0 Å². The van der Waals surface area contributed by atoms with Gasteiger partial charge in [0.2, 0.25) is 20.0 Å². The highest BCUT2D eigenvalue weighted by Crippen LogP contribution is 2.31. The SMILES string of the molecule is CN(CC1COc2ccccc2O1)S(=O)(=O)c1ccc(S(=O)(=O)N2CCOCC2)cc1. The highest BCUT2D eigenvalue weighted by Gasteiger charge is 2.30. The van der Waals surface area contributed by atoms with E-state index in [0.29, 0.717) is 24.7 Å². The maximum Gasteiger partial charge on any atom is 0.243 e. The molecule has 0 N–H and O–H groups in total. The van der Waals surface area contributed by atoms with Crippen LogP contribution in [0.3, 0.4) is 0 Å². The molecule has 2 aliphatic rings. The van der Waals surface area contributed by atoms with Crippen molar-refractivity contribution in [3.05, 3.63) is 48.5 Å². The lowest BCUT2D eigenvalue weighted by atomic mass is 10.2. The zero-order chi connectivity index (χ0) is 22.1. The number of benzene rings is 2. The summed E-state index contributed by atoms with van der Waals surface area (Å²) >= 11 is 0. The topological polar surface area (TPSA) is 102 Å². The van der Waals surface area contributed by atoms with Crippen LogP contribution in [0.25, 0.3) is 0 Å². The lowest BCUT2D eigenvalue weighted by molar-refractivity contribution is 0.0730. The zero-order valence-electron chi connectivity index (χ0n) is 17.0. The largest absolute Gasteiger partial charge is 0.486 e. The average molecular weight is 469 g/mol. The molecule has 1 fully saturated rings. The Bertz CT molecular complexity index is 1130. The number of likely N-dealkylation sites (N-methyl/N-ethyl adjacent to an activating group) is 1. The molecule has 31 heavy (non-hydrogen) atoms. The van der Waals surface area contributed by atoms with Crippen molar-refractivity contribution in [2.24, 2.45) is 0 Å². The van der Waals surface area contributed by atoms with Crippen LogP contribution in [0.1, 0.15) is 0 Å². The molecule has 1 saturated heterocycles. The summed E-state index contributed by atoms with van der Waals surface area (Å²) in [7, 11) is -6.06. The molecule has 0 aromatic heterocycles. The summed E-state index contributed by atoms with van der Waals surface area (Å²) in [5.41, 5.74) is 0. The predicted octanol–water partition coefficient (Wildman–Crippen LogP) is 1.17. The molecule has 2 aromatic rings. The molecular formula is C20H24N2O7S2. The van der Waals surface area contributed by atoms with E-state index in [1.54, 1.807) is 12.1 Å². The summed E-state index contributed by atoms with van der Waals surface area (Å²) in [5.74, 6) is 1.20. The van der Waals surface area contributed by atoms with Gasteiger partial charge < -0.3 is 14.2 Å². The van der Waals surface area contributed by atoms with Crippen molar-refractivity contribution < 1.29 is 31.0 Å². The number of hydrogen-bond acceptors (Lipinski definition) is 7. The summed E-state index contributed by atoms with van der Waals surface area (Å²) in [6.45, 7) is 1.55. The second-order valence-corrected chi connectivity index (χ2v) is 11.3. The van der Waals surface area contributed by atoms with E-state index in [2.05, 4.69) is 0 Å².